The fraction of sp³-hybridized carbons (Fsp3) is 0.333. The van der Waals surface area contributed by atoms with Crippen molar-refractivity contribution in [3.05, 3.63) is 54.0 Å². The van der Waals surface area contributed by atoms with Gasteiger partial charge in [0.1, 0.15) is 11.4 Å². The molecule has 0 saturated carbocycles. The van der Waals surface area contributed by atoms with Crippen molar-refractivity contribution in [1.29, 1.82) is 0 Å². The van der Waals surface area contributed by atoms with E-state index in [0.717, 1.165) is 30.7 Å². The van der Waals surface area contributed by atoms with Gasteiger partial charge in [0, 0.05) is 19.5 Å². The van der Waals surface area contributed by atoms with E-state index in [1.165, 1.54) is 11.1 Å². The molecule has 1 aliphatic rings. The van der Waals surface area contributed by atoms with Gasteiger partial charge in [-0.15, -0.1) is 0 Å². The van der Waals surface area contributed by atoms with Gasteiger partial charge in [0.15, 0.2) is 0 Å². The number of hydrogen-bond acceptors (Lipinski definition) is 4. The molecule has 114 valence electrons. The van der Waals surface area contributed by atoms with E-state index in [0.29, 0.717) is 12.0 Å². The van der Waals surface area contributed by atoms with Crippen LogP contribution in [0.5, 0.6) is 11.6 Å². The summed E-state index contributed by atoms with van der Waals surface area (Å²) in [5, 5.41) is 0. The van der Waals surface area contributed by atoms with Crippen molar-refractivity contribution in [3.63, 3.8) is 0 Å². The van der Waals surface area contributed by atoms with Crippen LogP contribution in [-0.4, -0.2) is 23.2 Å². The SMILES string of the molecule is COC1CC=C(c2nccnc2Oc2ccc(C)cc2)CC1. The summed E-state index contributed by atoms with van der Waals surface area (Å²) in [6.45, 7) is 2.05. The highest BCUT2D eigenvalue weighted by atomic mass is 16.5. The fourth-order valence-corrected chi connectivity index (χ4v) is 2.58. The summed E-state index contributed by atoms with van der Waals surface area (Å²) in [6.07, 6.45) is 8.71. The Hall–Kier alpha value is -2.20. The normalized spacial score (nSPS) is 17.9. The highest BCUT2D eigenvalue weighted by molar-refractivity contribution is 5.67. The van der Waals surface area contributed by atoms with Crippen LogP contribution < -0.4 is 4.74 Å². The number of aromatic nitrogens is 2. The first-order valence-electron chi connectivity index (χ1n) is 7.54. The Morgan fingerprint density at radius 1 is 1.09 bits per heavy atom. The van der Waals surface area contributed by atoms with E-state index in [2.05, 4.69) is 23.0 Å². The molecule has 0 aliphatic heterocycles. The molecule has 2 aromatic rings. The van der Waals surface area contributed by atoms with Crippen LogP contribution in [0.15, 0.2) is 42.7 Å². The first-order chi connectivity index (χ1) is 10.8. The Morgan fingerprint density at radius 3 is 2.55 bits per heavy atom. The molecule has 0 spiro atoms. The second-order valence-corrected chi connectivity index (χ2v) is 5.49. The van der Waals surface area contributed by atoms with Crippen LogP contribution in [-0.2, 0) is 4.74 Å². The summed E-state index contributed by atoms with van der Waals surface area (Å²) < 4.78 is 11.3. The average Bonchev–Trinajstić information content (AvgIpc) is 2.58. The maximum atomic E-state index is 5.93. The third kappa shape index (κ3) is 3.34. The Balaban J connectivity index is 1.84. The van der Waals surface area contributed by atoms with Crippen molar-refractivity contribution < 1.29 is 9.47 Å². The standard InChI is InChI=1S/C18H20N2O2/c1-13-3-7-16(8-4-13)22-18-17(19-11-12-20-18)14-5-9-15(21-2)10-6-14/h3-5,7-8,11-12,15H,6,9-10H2,1-2H3. The first-order valence-corrected chi connectivity index (χ1v) is 7.54. The van der Waals surface area contributed by atoms with Crippen LogP contribution in [0, 0.1) is 6.92 Å². The van der Waals surface area contributed by atoms with Gasteiger partial charge in [0.25, 0.3) is 0 Å². The molecule has 0 bridgehead atoms. The van der Waals surface area contributed by atoms with Gasteiger partial charge in [-0.2, -0.15) is 0 Å². The van der Waals surface area contributed by atoms with Crippen molar-refractivity contribution in [2.45, 2.75) is 32.3 Å². The molecule has 0 radical (unpaired) electrons. The molecule has 1 aliphatic carbocycles. The summed E-state index contributed by atoms with van der Waals surface area (Å²) in [4.78, 5) is 8.82. The lowest BCUT2D eigenvalue weighted by molar-refractivity contribution is 0.0964. The van der Waals surface area contributed by atoms with E-state index in [9.17, 15) is 0 Å². The minimum absolute atomic E-state index is 0.307. The highest BCUT2D eigenvalue weighted by Crippen LogP contribution is 2.32. The lowest BCUT2D eigenvalue weighted by Crippen LogP contribution is -2.14. The monoisotopic (exact) mass is 296 g/mol. The number of ether oxygens (including phenoxy) is 2. The smallest absolute Gasteiger partial charge is 0.245 e. The second kappa shape index (κ2) is 6.71. The molecule has 0 N–H and O–H groups in total. The molecule has 1 aromatic carbocycles. The van der Waals surface area contributed by atoms with Gasteiger partial charge in [0.05, 0.1) is 6.10 Å². The number of hydrogen-bond donors (Lipinski definition) is 0. The predicted octanol–water partition coefficient (Wildman–Crippen LogP) is 4.16. The van der Waals surface area contributed by atoms with E-state index >= 15 is 0 Å². The number of aryl methyl sites for hydroxylation is 1. The predicted molar refractivity (Wildman–Crippen MR) is 85.9 cm³/mol. The van der Waals surface area contributed by atoms with Crippen LogP contribution in [0.25, 0.3) is 5.57 Å². The van der Waals surface area contributed by atoms with Gasteiger partial charge >= 0.3 is 0 Å². The van der Waals surface area contributed by atoms with Gasteiger partial charge in [-0.3, -0.25) is 0 Å². The maximum absolute atomic E-state index is 5.93. The van der Waals surface area contributed by atoms with Gasteiger partial charge in [-0.05, 0) is 43.9 Å². The minimum Gasteiger partial charge on any atom is -0.437 e. The van der Waals surface area contributed by atoms with E-state index < -0.39 is 0 Å². The van der Waals surface area contributed by atoms with Gasteiger partial charge in [-0.25, -0.2) is 9.97 Å². The Kier molecular flexibility index (Phi) is 4.49. The Morgan fingerprint density at radius 2 is 1.86 bits per heavy atom. The van der Waals surface area contributed by atoms with Crippen LogP contribution in [0.2, 0.25) is 0 Å². The van der Waals surface area contributed by atoms with Crippen LogP contribution in [0.3, 0.4) is 0 Å². The number of methoxy groups -OCH3 is 1. The van der Waals surface area contributed by atoms with Crippen molar-refractivity contribution in [3.8, 4) is 11.6 Å². The summed E-state index contributed by atoms with van der Waals surface area (Å²) in [7, 11) is 1.76. The average molecular weight is 296 g/mol. The first kappa shape index (κ1) is 14.7. The molecule has 3 rings (SSSR count). The third-order valence-corrected chi connectivity index (χ3v) is 3.90. The third-order valence-electron chi connectivity index (χ3n) is 3.90. The molecular formula is C18H20N2O2. The van der Waals surface area contributed by atoms with Crippen molar-refractivity contribution >= 4 is 5.57 Å². The Labute approximate surface area is 130 Å². The molecule has 22 heavy (non-hydrogen) atoms. The van der Waals surface area contributed by atoms with E-state index in [4.69, 9.17) is 9.47 Å². The highest BCUT2D eigenvalue weighted by Gasteiger charge is 2.19. The zero-order chi connectivity index (χ0) is 15.4. The lowest BCUT2D eigenvalue weighted by Gasteiger charge is -2.21. The molecule has 1 atom stereocenters. The molecule has 1 heterocycles. The van der Waals surface area contributed by atoms with Gasteiger partial charge in [-0.1, -0.05) is 23.8 Å². The molecule has 4 heteroatoms. The molecular weight excluding hydrogens is 276 g/mol. The van der Waals surface area contributed by atoms with Crippen LogP contribution >= 0.6 is 0 Å². The topological polar surface area (TPSA) is 44.2 Å². The van der Waals surface area contributed by atoms with Gasteiger partial charge < -0.3 is 9.47 Å². The number of nitrogens with zero attached hydrogens (tertiary/aromatic N) is 2. The molecule has 4 nitrogen and oxygen atoms in total. The van der Waals surface area contributed by atoms with Crippen LogP contribution in [0.4, 0.5) is 0 Å². The van der Waals surface area contributed by atoms with E-state index in [-0.39, 0.29) is 0 Å². The minimum atomic E-state index is 0.307. The van der Waals surface area contributed by atoms with E-state index in [1.807, 2.05) is 24.3 Å². The fourth-order valence-electron chi connectivity index (χ4n) is 2.58. The number of allylic oxidation sites excluding steroid dienone is 1. The summed E-state index contributed by atoms with van der Waals surface area (Å²) in [5.74, 6) is 1.34. The quantitative estimate of drug-likeness (QED) is 0.849. The van der Waals surface area contributed by atoms with Crippen molar-refractivity contribution in [1.82, 2.24) is 9.97 Å². The molecule has 1 unspecified atom stereocenters. The van der Waals surface area contributed by atoms with Crippen molar-refractivity contribution in [2.24, 2.45) is 0 Å². The molecule has 0 saturated heterocycles. The number of rotatable bonds is 4. The zero-order valence-electron chi connectivity index (χ0n) is 13.0. The molecule has 1 aromatic heterocycles. The largest absolute Gasteiger partial charge is 0.437 e. The maximum Gasteiger partial charge on any atom is 0.245 e. The number of benzene rings is 1. The van der Waals surface area contributed by atoms with E-state index in [1.54, 1.807) is 19.5 Å². The zero-order valence-corrected chi connectivity index (χ0v) is 13.0. The summed E-state index contributed by atoms with van der Waals surface area (Å²) in [6, 6.07) is 7.94. The summed E-state index contributed by atoms with van der Waals surface area (Å²) >= 11 is 0. The second-order valence-electron chi connectivity index (χ2n) is 5.49. The van der Waals surface area contributed by atoms with Gasteiger partial charge in [0.2, 0.25) is 5.88 Å². The van der Waals surface area contributed by atoms with Crippen molar-refractivity contribution in [2.75, 3.05) is 7.11 Å². The Bertz CT molecular complexity index is 665. The lowest BCUT2D eigenvalue weighted by atomic mass is 9.95. The molecule has 0 amide bonds. The molecule has 0 fully saturated rings. The summed E-state index contributed by atoms with van der Waals surface area (Å²) in [5.41, 5.74) is 3.22. The van der Waals surface area contributed by atoms with Crippen LogP contribution in [0.1, 0.15) is 30.5 Å².